The second-order valence-corrected chi connectivity index (χ2v) is 11.1. The van der Waals surface area contributed by atoms with Crippen LogP contribution >= 0.6 is 0 Å². The van der Waals surface area contributed by atoms with Crippen molar-refractivity contribution in [1.29, 1.82) is 0 Å². The van der Waals surface area contributed by atoms with Gasteiger partial charge in [0.25, 0.3) is 0 Å². The predicted molar refractivity (Wildman–Crippen MR) is 115 cm³/mol. The van der Waals surface area contributed by atoms with E-state index in [0.717, 1.165) is 36.6 Å². The van der Waals surface area contributed by atoms with E-state index < -0.39 is 14.6 Å². The van der Waals surface area contributed by atoms with Crippen LogP contribution in [0, 0.1) is 0 Å². The van der Waals surface area contributed by atoms with Crippen molar-refractivity contribution in [3.63, 3.8) is 0 Å². The highest BCUT2D eigenvalue weighted by atomic mass is 32.2. The van der Waals surface area contributed by atoms with Gasteiger partial charge in [-0.2, -0.15) is 0 Å². The molecule has 0 spiro atoms. The summed E-state index contributed by atoms with van der Waals surface area (Å²) in [6.45, 7) is 9.23. The Bertz CT molecular complexity index is 862. The van der Waals surface area contributed by atoms with Crippen molar-refractivity contribution in [2.75, 3.05) is 31.9 Å². The van der Waals surface area contributed by atoms with Gasteiger partial charge >= 0.3 is 0 Å². The number of rotatable bonds is 5. The van der Waals surface area contributed by atoms with Gasteiger partial charge in [-0.3, -0.25) is 4.79 Å². The van der Waals surface area contributed by atoms with E-state index in [9.17, 15) is 13.2 Å². The Morgan fingerprint density at radius 3 is 2.45 bits per heavy atom. The van der Waals surface area contributed by atoms with Crippen LogP contribution in [0.4, 0.5) is 0 Å². The summed E-state index contributed by atoms with van der Waals surface area (Å²) in [6.07, 6.45) is 1.61. The molecule has 2 fully saturated rings. The molecule has 1 amide bonds. The van der Waals surface area contributed by atoms with Gasteiger partial charge in [0.1, 0.15) is 0 Å². The number of nitrogens with zero attached hydrogens (tertiary/aromatic N) is 3. The minimum absolute atomic E-state index is 0.147. The van der Waals surface area contributed by atoms with Crippen LogP contribution in [0.15, 0.2) is 29.3 Å². The highest BCUT2D eigenvalue weighted by molar-refractivity contribution is 7.92. The normalized spacial score (nSPS) is 21.5. The third-order valence-corrected chi connectivity index (χ3v) is 8.19. The number of carbonyl (C=O) groups is 1. The Labute approximate surface area is 174 Å². The van der Waals surface area contributed by atoms with Crippen LogP contribution in [-0.4, -0.2) is 66.8 Å². The van der Waals surface area contributed by atoms with Gasteiger partial charge in [-0.1, -0.05) is 24.3 Å². The summed E-state index contributed by atoms with van der Waals surface area (Å²) in [4.78, 5) is 20.5. The highest BCUT2D eigenvalue weighted by Crippen LogP contribution is 2.24. The first-order valence-corrected chi connectivity index (χ1v) is 12.0. The Morgan fingerprint density at radius 1 is 1.17 bits per heavy atom. The van der Waals surface area contributed by atoms with E-state index in [4.69, 9.17) is 4.99 Å². The minimum atomic E-state index is -3.08. The summed E-state index contributed by atoms with van der Waals surface area (Å²) in [5, 5.41) is 3.29. The molecule has 29 heavy (non-hydrogen) atoms. The van der Waals surface area contributed by atoms with Crippen LogP contribution < -0.4 is 5.32 Å². The average Bonchev–Trinajstić information content (AvgIpc) is 3.07. The molecule has 160 valence electrons. The zero-order valence-corrected chi connectivity index (χ0v) is 18.5. The monoisotopic (exact) mass is 420 g/mol. The van der Waals surface area contributed by atoms with Crippen molar-refractivity contribution in [3.8, 4) is 0 Å². The zero-order valence-electron chi connectivity index (χ0n) is 17.6. The summed E-state index contributed by atoms with van der Waals surface area (Å²) in [6, 6.07) is 8.21. The molecule has 7 nitrogen and oxygen atoms in total. The summed E-state index contributed by atoms with van der Waals surface area (Å²) in [5.41, 5.74) is 2.21. The molecular formula is C21H32N4O3S. The van der Waals surface area contributed by atoms with E-state index in [0.29, 0.717) is 32.6 Å². The predicted octanol–water partition coefficient (Wildman–Crippen LogP) is 1.78. The first-order chi connectivity index (χ1) is 13.7. The molecule has 2 aliphatic heterocycles. The SMILES string of the molecule is CCNC(=NCc1ccc(CN2CCCC2=O)cc1)N1CCS(=O)(=O)C(C)(C)C1. The van der Waals surface area contributed by atoms with Gasteiger partial charge in [0.15, 0.2) is 15.8 Å². The number of benzene rings is 1. The summed E-state index contributed by atoms with van der Waals surface area (Å²) >= 11 is 0. The van der Waals surface area contributed by atoms with Crippen molar-refractivity contribution in [1.82, 2.24) is 15.1 Å². The summed E-state index contributed by atoms with van der Waals surface area (Å²) < 4.78 is 23.8. The molecule has 0 aromatic heterocycles. The van der Waals surface area contributed by atoms with Gasteiger partial charge in [0, 0.05) is 39.1 Å². The van der Waals surface area contributed by atoms with Crippen LogP contribution in [-0.2, 0) is 27.7 Å². The summed E-state index contributed by atoms with van der Waals surface area (Å²) in [7, 11) is -3.08. The molecule has 2 saturated heterocycles. The van der Waals surface area contributed by atoms with Gasteiger partial charge in [0.2, 0.25) is 5.91 Å². The molecule has 1 aromatic rings. The fraction of sp³-hybridized carbons (Fsp3) is 0.619. The zero-order chi connectivity index (χ0) is 21.1. The van der Waals surface area contributed by atoms with Crippen molar-refractivity contribution >= 4 is 21.7 Å². The van der Waals surface area contributed by atoms with Crippen LogP contribution in [0.25, 0.3) is 0 Å². The maximum absolute atomic E-state index is 12.3. The maximum Gasteiger partial charge on any atom is 0.222 e. The van der Waals surface area contributed by atoms with Gasteiger partial charge in [-0.15, -0.1) is 0 Å². The van der Waals surface area contributed by atoms with Gasteiger partial charge in [0.05, 0.1) is 17.0 Å². The Hall–Kier alpha value is -2.09. The Balaban J connectivity index is 1.65. The Kier molecular flexibility index (Phi) is 6.51. The third-order valence-electron chi connectivity index (χ3n) is 5.66. The number of sulfone groups is 1. The lowest BCUT2D eigenvalue weighted by atomic mass is 10.1. The molecule has 0 unspecified atom stereocenters. The quantitative estimate of drug-likeness (QED) is 0.580. The maximum atomic E-state index is 12.3. The number of guanidine groups is 1. The fourth-order valence-electron chi connectivity index (χ4n) is 3.76. The van der Waals surface area contributed by atoms with Gasteiger partial charge in [-0.25, -0.2) is 13.4 Å². The molecule has 0 bridgehead atoms. The molecule has 0 aliphatic carbocycles. The molecule has 0 saturated carbocycles. The van der Waals surface area contributed by atoms with Crippen LogP contribution in [0.3, 0.4) is 0 Å². The lowest BCUT2D eigenvalue weighted by Crippen LogP contribution is -2.57. The molecule has 8 heteroatoms. The van der Waals surface area contributed by atoms with Crippen LogP contribution in [0.1, 0.15) is 44.7 Å². The fourth-order valence-corrected chi connectivity index (χ4v) is 5.12. The lowest BCUT2D eigenvalue weighted by molar-refractivity contribution is -0.128. The van der Waals surface area contributed by atoms with Gasteiger partial charge in [-0.05, 0) is 38.3 Å². The van der Waals surface area contributed by atoms with Crippen LogP contribution in [0.5, 0.6) is 0 Å². The number of carbonyl (C=O) groups excluding carboxylic acids is 1. The molecule has 1 aromatic carbocycles. The number of nitrogens with one attached hydrogen (secondary N) is 1. The number of aliphatic imine (C=N–C) groups is 1. The third kappa shape index (κ3) is 5.10. The van der Waals surface area contributed by atoms with E-state index in [1.54, 1.807) is 13.8 Å². The Morgan fingerprint density at radius 2 is 1.86 bits per heavy atom. The molecule has 0 atom stereocenters. The number of hydrogen-bond acceptors (Lipinski definition) is 4. The minimum Gasteiger partial charge on any atom is -0.357 e. The smallest absolute Gasteiger partial charge is 0.222 e. The first kappa shape index (κ1) is 21.6. The second kappa shape index (κ2) is 8.73. The van der Waals surface area contributed by atoms with E-state index in [1.807, 2.05) is 28.9 Å². The first-order valence-electron chi connectivity index (χ1n) is 10.3. The highest BCUT2D eigenvalue weighted by Gasteiger charge is 2.40. The van der Waals surface area contributed by atoms with Crippen LogP contribution in [0.2, 0.25) is 0 Å². The van der Waals surface area contributed by atoms with Crippen molar-refractivity contribution in [3.05, 3.63) is 35.4 Å². The number of amides is 1. The van der Waals surface area contributed by atoms with E-state index in [2.05, 4.69) is 17.4 Å². The van der Waals surface area contributed by atoms with Crippen molar-refractivity contribution < 1.29 is 13.2 Å². The standard InChI is InChI=1S/C21H32N4O3S/c1-4-22-20(25-12-13-29(27,28)21(2,3)16-25)23-14-17-7-9-18(10-8-17)15-24-11-5-6-19(24)26/h7-10H,4-6,11-16H2,1-3H3,(H,22,23). The second-order valence-electron chi connectivity index (χ2n) is 8.41. The summed E-state index contributed by atoms with van der Waals surface area (Å²) in [5.74, 6) is 1.14. The number of hydrogen-bond donors (Lipinski definition) is 1. The molecule has 2 heterocycles. The average molecular weight is 421 g/mol. The van der Waals surface area contributed by atoms with Gasteiger partial charge < -0.3 is 15.1 Å². The van der Waals surface area contributed by atoms with E-state index >= 15 is 0 Å². The van der Waals surface area contributed by atoms with Crippen molar-refractivity contribution in [2.24, 2.45) is 4.99 Å². The lowest BCUT2D eigenvalue weighted by Gasteiger charge is -2.39. The molecule has 0 radical (unpaired) electrons. The largest absolute Gasteiger partial charge is 0.357 e. The van der Waals surface area contributed by atoms with Crippen molar-refractivity contribution in [2.45, 2.75) is 51.4 Å². The number of likely N-dealkylation sites (tertiary alicyclic amines) is 1. The molecule has 2 aliphatic rings. The molecule has 3 rings (SSSR count). The molecule has 1 N–H and O–H groups in total. The van der Waals surface area contributed by atoms with E-state index in [1.165, 1.54) is 0 Å². The molecular weight excluding hydrogens is 388 g/mol. The van der Waals surface area contributed by atoms with E-state index in [-0.39, 0.29) is 11.7 Å². The topological polar surface area (TPSA) is 82.1 Å².